The van der Waals surface area contributed by atoms with Crippen LogP contribution in [0, 0.1) is 5.92 Å². The highest BCUT2D eigenvalue weighted by molar-refractivity contribution is 5.95. The Labute approximate surface area is 254 Å². The molecule has 0 bridgehead atoms. The van der Waals surface area contributed by atoms with Gasteiger partial charge in [-0.2, -0.15) is 0 Å². The van der Waals surface area contributed by atoms with Crippen molar-refractivity contribution in [3.8, 4) is 5.75 Å². The third kappa shape index (κ3) is 6.80. The van der Waals surface area contributed by atoms with Crippen LogP contribution in [0.3, 0.4) is 0 Å². The van der Waals surface area contributed by atoms with E-state index in [-0.39, 0.29) is 24.4 Å². The van der Waals surface area contributed by atoms with Gasteiger partial charge < -0.3 is 30.3 Å². The van der Waals surface area contributed by atoms with Crippen LogP contribution in [0.4, 0.5) is 10.5 Å². The first-order valence-corrected chi connectivity index (χ1v) is 15.6. The SMILES string of the molecule is CCCCN(C(=O)CN1CC(c2ccc3c(c2)CCO3)C(C(=O)O)C1CCN1CCCN(C)C1=O)c1cccc(CN)c1. The maximum absolute atomic E-state index is 14.0. The summed E-state index contributed by atoms with van der Waals surface area (Å²) in [4.78, 5) is 47.2. The minimum Gasteiger partial charge on any atom is -0.493 e. The van der Waals surface area contributed by atoms with E-state index in [1.165, 1.54) is 0 Å². The van der Waals surface area contributed by atoms with Crippen LogP contribution in [0.15, 0.2) is 42.5 Å². The highest BCUT2D eigenvalue weighted by atomic mass is 16.5. The van der Waals surface area contributed by atoms with Crippen LogP contribution in [0.1, 0.15) is 55.2 Å². The van der Waals surface area contributed by atoms with Crippen LogP contribution in [0.25, 0.3) is 0 Å². The summed E-state index contributed by atoms with van der Waals surface area (Å²) in [5, 5.41) is 10.6. The number of fused-ring (bicyclic) bond motifs is 1. The van der Waals surface area contributed by atoms with Crippen molar-refractivity contribution in [1.82, 2.24) is 14.7 Å². The molecule has 0 aliphatic carbocycles. The average Bonchev–Trinajstić information content (AvgIpc) is 3.62. The molecule has 3 N–H and O–H groups in total. The zero-order valence-electron chi connectivity index (χ0n) is 25.4. The van der Waals surface area contributed by atoms with Crippen LogP contribution in [0.2, 0.25) is 0 Å². The Hall–Kier alpha value is -3.63. The molecule has 43 heavy (non-hydrogen) atoms. The summed E-state index contributed by atoms with van der Waals surface area (Å²) >= 11 is 0. The molecule has 3 atom stereocenters. The van der Waals surface area contributed by atoms with Gasteiger partial charge in [0.1, 0.15) is 5.75 Å². The molecule has 5 rings (SSSR count). The third-order valence-corrected chi connectivity index (χ3v) is 9.22. The number of carboxylic acid groups (broad SMARTS) is 1. The number of amides is 3. The number of hydrogen-bond acceptors (Lipinski definition) is 6. The molecule has 3 aliphatic heterocycles. The van der Waals surface area contributed by atoms with Crippen LogP contribution in [-0.4, -0.2) is 96.7 Å². The molecule has 232 valence electrons. The smallest absolute Gasteiger partial charge is 0.319 e. The number of urea groups is 1. The molecule has 3 unspecified atom stereocenters. The minimum absolute atomic E-state index is 0.0283. The molecular formula is C33H45N5O5. The highest BCUT2D eigenvalue weighted by Crippen LogP contribution is 2.41. The molecule has 0 saturated carbocycles. The van der Waals surface area contributed by atoms with Crippen molar-refractivity contribution in [2.24, 2.45) is 11.7 Å². The number of carbonyl (C=O) groups is 3. The van der Waals surface area contributed by atoms with Gasteiger partial charge in [-0.15, -0.1) is 0 Å². The monoisotopic (exact) mass is 591 g/mol. The molecule has 2 fully saturated rings. The van der Waals surface area contributed by atoms with E-state index in [2.05, 4.69) is 17.9 Å². The van der Waals surface area contributed by atoms with Crippen LogP contribution in [-0.2, 0) is 22.6 Å². The van der Waals surface area contributed by atoms with Gasteiger partial charge in [-0.3, -0.25) is 14.5 Å². The summed E-state index contributed by atoms with van der Waals surface area (Å²) < 4.78 is 5.70. The van der Waals surface area contributed by atoms with E-state index in [0.717, 1.165) is 60.4 Å². The van der Waals surface area contributed by atoms with Gasteiger partial charge in [-0.1, -0.05) is 37.6 Å². The predicted octanol–water partition coefficient (Wildman–Crippen LogP) is 3.53. The number of rotatable bonds is 12. The number of nitrogens with two attached hydrogens (primary N) is 1. The molecule has 2 aromatic carbocycles. The van der Waals surface area contributed by atoms with Gasteiger partial charge in [0.15, 0.2) is 0 Å². The van der Waals surface area contributed by atoms with E-state index in [4.69, 9.17) is 10.5 Å². The minimum atomic E-state index is -0.873. The van der Waals surface area contributed by atoms with Crippen molar-refractivity contribution in [2.45, 2.75) is 57.5 Å². The zero-order valence-corrected chi connectivity index (χ0v) is 25.4. The summed E-state index contributed by atoms with van der Waals surface area (Å²) in [5.74, 6) is -1.08. The highest BCUT2D eigenvalue weighted by Gasteiger charge is 2.47. The van der Waals surface area contributed by atoms with E-state index < -0.39 is 17.9 Å². The first-order chi connectivity index (χ1) is 20.8. The summed E-state index contributed by atoms with van der Waals surface area (Å²) in [6.45, 7) is 6.07. The van der Waals surface area contributed by atoms with Gasteiger partial charge in [0.05, 0.1) is 19.1 Å². The Kier molecular flexibility index (Phi) is 9.87. The number of aliphatic carboxylic acids is 1. The number of carboxylic acids is 1. The van der Waals surface area contributed by atoms with Gasteiger partial charge in [0.2, 0.25) is 5.91 Å². The standard InChI is InChI=1S/C33H45N5O5/c1-3-4-15-38(26-8-5-7-23(18-26)20-34)30(39)22-37-21-27(24-9-10-29-25(19-24)12-17-43-29)31(32(40)41)28(37)11-16-36-14-6-13-35(2)33(36)42/h5,7-10,18-19,27-28,31H,3-4,6,11-17,20-22,34H2,1-2H3,(H,40,41). The second-order valence-electron chi connectivity index (χ2n) is 12.0. The number of ether oxygens (including phenoxy) is 1. The maximum atomic E-state index is 14.0. The molecule has 10 nitrogen and oxygen atoms in total. The molecule has 0 spiro atoms. The second-order valence-corrected chi connectivity index (χ2v) is 12.0. The largest absolute Gasteiger partial charge is 0.493 e. The van der Waals surface area contributed by atoms with Crippen LogP contribution >= 0.6 is 0 Å². The molecule has 0 aromatic heterocycles. The first-order valence-electron chi connectivity index (χ1n) is 15.6. The number of nitrogens with zero attached hydrogens (tertiary/aromatic N) is 4. The number of hydrogen-bond donors (Lipinski definition) is 2. The maximum Gasteiger partial charge on any atom is 0.319 e. The lowest BCUT2D eigenvalue weighted by Crippen LogP contribution is -2.50. The summed E-state index contributed by atoms with van der Waals surface area (Å²) in [6, 6.07) is 13.3. The van der Waals surface area contributed by atoms with Crippen molar-refractivity contribution in [3.63, 3.8) is 0 Å². The molecule has 2 aromatic rings. The number of likely N-dealkylation sites (tertiary alicyclic amines) is 1. The molecule has 3 aliphatic rings. The van der Waals surface area contributed by atoms with Crippen molar-refractivity contribution in [3.05, 3.63) is 59.2 Å². The lowest BCUT2D eigenvalue weighted by molar-refractivity contribution is -0.143. The Morgan fingerprint density at radius 3 is 2.77 bits per heavy atom. The molecular weight excluding hydrogens is 546 g/mol. The molecule has 10 heteroatoms. The normalized spacial score (nSPS) is 22.0. The quantitative estimate of drug-likeness (QED) is 0.388. The van der Waals surface area contributed by atoms with Crippen molar-refractivity contribution in [1.29, 1.82) is 0 Å². The number of unbranched alkanes of at least 4 members (excludes halogenated alkanes) is 1. The fourth-order valence-electron chi connectivity index (χ4n) is 6.88. The molecule has 3 heterocycles. The number of benzene rings is 2. The summed E-state index contributed by atoms with van der Waals surface area (Å²) in [5.41, 5.74) is 9.72. The van der Waals surface area contributed by atoms with E-state index in [0.29, 0.717) is 45.8 Å². The predicted molar refractivity (Wildman–Crippen MR) is 165 cm³/mol. The van der Waals surface area contributed by atoms with Crippen molar-refractivity contribution in [2.75, 3.05) is 57.8 Å². The molecule has 0 radical (unpaired) electrons. The average molecular weight is 592 g/mol. The van der Waals surface area contributed by atoms with Gasteiger partial charge in [0.25, 0.3) is 0 Å². The fourth-order valence-corrected chi connectivity index (χ4v) is 6.88. The van der Waals surface area contributed by atoms with Gasteiger partial charge in [-0.25, -0.2) is 4.79 Å². The van der Waals surface area contributed by atoms with E-state index in [1.807, 2.05) is 46.2 Å². The lowest BCUT2D eigenvalue weighted by atomic mass is 9.83. The molecule has 3 amide bonds. The van der Waals surface area contributed by atoms with Gasteiger partial charge in [-0.05, 0) is 54.2 Å². The molecule has 2 saturated heterocycles. The van der Waals surface area contributed by atoms with Crippen LogP contribution in [0.5, 0.6) is 5.75 Å². The van der Waals surface area contributed by atoms with Crippen LogP contribution < -0.4 is 15.4 Å². The van der Waals surface area contributed by atoms with E-state index >= 15 is 0 Å². The van der Waals surface area contributed by atoms with Gasteiger partial charge in [0, 0.05) is 70.4 Å². The van der Waals surface area contributed by atoms with Crippen molar-refractivity contribution >= 4 is 23.6 Å². The van der Waals surface area contributed by atoms with Gasteiger partial charge >= 0.3 is 12.0 Å². The second kappa shape index (κ2) is 13.8. The Balaban J connectivity index is 1.43. The Bertz CT molecular complexity index is 1320. The lowest BCUT2D eigenvalue weighted by Gasteiger charge is -2.35. The summed E-state index contributed by atoms with van der Waals surface area (Å²) in [7, 11) is 1.80. The topological polar surface area (TPSA) is 120 Å². The number of carbonyl (C=O) groups excluding carboxylic acids is 2. The van der Waals surface area contributed by atoms with E-state index in [9.17, 15) is 19.5 Å². The fraction of sp³-hybridized carbons (Fsp3) is 0.545. The van der Waals surface area contributed by atoms with Crippen molar-refractivity contribution < 1.29 is 24.2 Å². The number of anilines is 1. The third-order valence-electron chi connectivity index (χ3n) is 9.22. The Morgan fingerprint density at radius 1 is 1.16 bits per heavy atom. The first kappa shape index (κ1) is 30.8. The van der Waals surface area contributed by atoms with E-state index in [1.54, 1.807) is 11.9 Å². The zero-order chi connectivity index (χ0) is 30.5. The Morgan fingerprint density at radius 2 is 2.00 bits per heavy atom. The summed E-state index contributed by atoms with van der Waals surface area (Å²) in [6.07, 6.45) is 3.95.